The van der Waals surface area contributed by atoms with Gasteiger partial charge in [0.2, 0.25) is 0 Å². The molecule has 2 heteroatoms. The molecule has 108 valence electrons. The molecule has 0 aliphatic carbocycles. The van der Waals surface area contributed by atoms with E-state index in [1.165, 1.54) is 51.1 Å². The lowest BCUT2D eigenvalue weighted by molar-refractivity contribution is 0.289. The molecule has 0 fully saturated rings. The molecule has 0 aromatic carbocycles. The molecule has 0 nitrogen and oxygen atoms in total. The van der Waals surface area contributed by atoms with Gasteiger partial charge in [-0.25, -0.2) is 0 Å². The maximum absolute atomic E-state index is 3.82. The summed E-state index contributed by atoms with van der Waals surface area (Å²) in [6.45, 7) is 11.0. The first-order valence-corrected chi connectivity index (χ1v) is 9.51. The number of halogens is 1. The monoisotopic (exact) mass is 382 g/mol. The van der Waals surface area contributed by atoms with Crippen molar-refractivity contribution in [2.45, 2.75) is 69.6 Å². The molecule has 0 radical (unpaired) electrons. The summed E-state index contributed by atoms with van der Waals surface area (Å²) in [6.07, 6.45) is 12.6. The molecular weight excluding hydrogens is 350 g/mol. The molecular formula is C16H32IP. The van der Waals surface area contributed by atoms with Crippen LogP contribution in [0.5, 0.6) is 0 Å². The van der Waals surface area contributed by atoms with Crippen LogP contribution in [0.25, 0.3) is 0 Å². The summed E-state index contributed by atoms with van der Waals surface area (Å²) in [7, 11) is 2.98. The summed E-state index contributed by atoms with van der Waals surface area (Å²) >= 11 is 2.69. The fourth-order valence-electron chi connectivity index (χ4n) is 2.24. The number of allylic oxidation sites excluding steroid dienone is 1. The van der Waals surface area contributed by atoms with Crippen LogP contribution < -0.4 is 0 Å². The van der Waals surface area contributed by atoms with Crippen molar-refractivity contribution in [2.24, 2.45) is 11.3 Å². The predicted molar refractivity (Wildman–Crippen MR) is 97.8 cm³/mol. The molecule has 0 amide bonds. The molecule has 4 atom stereocenters. The van der Waals surface area contributed by atoms with E-state index < -0.39 is 0 Å². The van der Waals surface area contributed by atoms with E-state index in [0.717, 1.165) is 9.84 Å². The lowest BCUT2D eigenvalue weighted by atomic mass is 9.79. The largest absolute Gasteiger partial charge is 0.137 e. The van der Waals surface area contributed by atoms with Crippen LogP contribution in [0.1, 0.15) is 65.7 Å². The standard InChI is InChI=1S/C16H32IP/c1-5-7-9-14(3)11-12-16(4,13-18)15(17)10-8-6-2/h5,14-15H,1,6-13,18H2,2-4H3. The zero-order valence-corrected chi connectivity index (χ0v) is 15.9. The number of hydrogen-bond donors (Lipinski definition) is 0. The van der Waals surface area contributed by atoms with Crippen LogP contribution in [-0.4, -0.2) is 10.1 Å². The SMILES string of the molecule is C=CCCC(C)CCC(C)(CP)C(I)CCCC. The molecule has 0 aliphatic rings. The minimum atomic E-state index is 0.503. The average Bonchev–Trinajstić information content (AvgIpc) is 2.39. The summed E-state index contributed by atoms with van der Waals surface area (Å²) in [5.41, 5.74) is 0.503. The van der Waals surface area contributed by atoms with Gasteiger partial charge < -0.3 is 0 Å². The van der Waals surface area contributed by atoms with Crippen molar-refractivity contribution >= 4 is 31.8 Å². The van der Waals surface area contributed by atoms with E-state index in [-0.39, 0.29) is 0 Å². The Morgan fingerprint density at radius 2 is 2.00 bits per heavy atom. The zero-order chi connectivity index (χ0) is 14.0. The summed E-state index contributed by atoms with van der Waals surface area (Å²) in [4.78, 5) is 0. The Hall–Kier alpha value is 0.900. The highest BCUT2D eigenvalue weighted by Crippen LogP contribution is 2.39. The first-order chi connectivity index (χ1) is 8.50. The van der Waals surface area contributed by atoms with Gasteiger partial charge in [0, 0.05) is 3.92 Å². The molecule has 0 rings (SSSR count). The van der Waals surface area contributed by atoms with Gasteiger partial charge in [-0.3, -0.25) is 0 Å². The lowest BCUT2D eigenvalue weighted by Crippen LogP contribution is -2.30. The van der Waals surface area contributed by atoms with Gasteiger partial charge in [-0.2, -0.15) is 0 Å². The third kappa shape index (κ3) is 7.48. The summed E-state index contributed by atoms with van der Waals surface area (Å²) in [6, 6.07) is 0. The van der Waals surface area contributed by atoms with Crippen molar-refractivity contribution in [1.82, 2.24) is 0 Å². The smallest absolute Gasteiger partial charge is 0.0167 e. The van der Waals surface area contributed by atoms with Crippen molar-refractivity contribution < 1.29 is 0 Å². The fourth-order valence-corrected chi connectivity index (χ4v) is 4.22. The highest BCUT2D eigenvalue weighted by Gasteiger charge is 2.30. The average molecular weight is 382 g/mol. The van der Waals surface area contributed by atoms with Gasteiger partial charge in [0.15, 0.2) is 0 Å². The number of hydrogen-bond acceptors (Lipinski definition) is 0. The van der Waals surface area contributed by atoms with Crippen molar-refractivity contribution in [2.75, 3.05) is 6.16 Å². The minimum absolute atomic E-state index is 0.503. The molecule has 0 spiro atoms. The van der Waals surface area contributed by atoms with Gasteiger partial charge in [0.1, 0.15) is 0 Å². The van der Waals surface area contributed by atoms with Crippen molar-refractivity contribution in [3.8, 4) is 0 Å². The quantitative estimate of drug-likeness (QED) is 0.172. The Kier molecular flexibility index (Phi) is 11.2. The Morgan fingerprint density at radius 1 is 1.33 bits per heavy atom. The van der Waals surface area contributed by atoms with Crippen molar-refractivity contribution in [1.29, 1.82) is 0 Å². The Labute approximate surface area is 131 Å². The highest BCUT2D eigenvalue weighted by atomic mass is 127. The second kappa shape index (κ2) is 10.7. The molecule has 0 saturated heterocycles. The van der Waals surface area contributed by atoms with Crippen molar-refractivity contribution in [3.63, 3.8) is 0 Å². The minimum Gasteiger partial charge on any atom is -0.137 e. The molecule has 18 heavy (non-hydrogen) atoms. The van der Waals surface area contributed by atoms with Gasteiger partial charge in [-0.05, 0) is 43.2 Å². The normalized spacial score (nSPS) is 18.1. The Bertz CT molecular complexity index is 217. The fraction of sp³-hybridized carbons (Fsp3) is 0.875. The second-order valence-electron chi connectivity index (χ2n) is 5.98. The molecule has 0 aromatic rings. The number of rotatable bonds is 11. The van der Waals surface area contributed by atoms with E-state index >= 15 is 0 Å². The van der Waals surface area contributed by atoms with Gasteiger partial charge in [0.25, 0.3) is 0 Å². The molecule has 0 saturated carbocycles. The molecule has 0 aromatic heterocycles. The first-order valence-electron chi connectivity index (χ1n) is 7.45. The molecule has 0 aliphatic heterocycles. The zero-order valence-electron chi connectivity index (χ0n) is 12.6. The topological polar surface area (TPSA) is 0 Å². The number of unbranched alkanes of at least 4 members (excludes halogenated alkanes) is 1. The lowest BCUT2D eigenvalue weighted by Gasteiger charge is -2.34. The second-order valence-corrected chi connectivity index (χ2v) is 7.89. The van der Waals surface area contributed by atoms with Gasteiger partial charge in [-0.15, -0.1) is 15.8 Å². The van der Waals surface area contributed by atoms with E-state index in [2.05, 4.69) is 59.2 Å². The van der Waals surface area contributed by atoms with E-state index in [4.69, 9.17) is 0 Å². The van der Waals surface area contributed by atoms with E-state index in [0.29, 0.717) is 5.41 Å². The molecule has 0 heterocycles. The van der Waals surface area contributed by atoms with Crippen LogP contribution in [0, 0.1) is 11.3 Å². The van der Waals surface area contributed by atoms with Crippen LogP contribution >= 0.6 is 31.8 Å². The van der Waals surface area contributed by atoms with Crippen LogP contribution in [0.4, 0.5) is 0 Å². The first kappa shape index (κ1) is 18.9. The van der Waals surface area contributed by atoms with Crippen LogP contribution in [0.2, 0.25) is 0 Å². The maximum atomic E-state index is 3.82. The van der Waals surface area contributed by atoms with E-state index in [9.17, 15) is 0 Å². The molecule has 0 N–H and O–H groups in total. The molecule has 4 unspecified atom stereocenters. The highest BCUT2D eigenvalue weighted by molar-refractivity contribution is 14.1. The Balaban J connectivity index is 4.16. The van der Waals surface area contributed by atoms with Crippen molar-refractivity contribution in [3.05, 3.63) is 12.7 Å². The van der Waals surface area contributed by atoms with Crippen LogP contribution in [0.15, 0.2) is 12.7 Å². The van der Waals surface area contributed by atoms with Gasteiger partial charge in [-0.1, -0.05) is 68.7 Å². The van der Waals surface area contributed by atoms with Gasteiger partial charge >= 0.3 is 0 Å². The van der Waals surface area contributed by atoms with E-state index in [1.54, 1.807) is 0 Å². The molecule has 0 bridgehead atoms. The maximum Gasteiger partial charge on any atom is 0.0167 e. The van der Waals surface area contributed by atoms with Crippen LogP contribution in [-0.2, 0) is 0 Å². The number of alkyl halides is 1. The van der Waals surface area contributed by atoms with E-state index in [1.807, 2.05) is 6.08 Å². The van der Waals surface area contributed by atoms with Crippen LogP contribution in [0.3, 0.4) is 0 Å². The summed E-state index contributed by atoms with van der Waals surface area (Å²) in [5, 5.41) is 0. The third-order valence-corrected chi connectivity index (χ3v) is 7.16. The summed E-state index contributed by atoms with van der Waals surface area (Å²) in [5.74, 6) is 0.841. The Morgan fingerprint density at radius 3 is 2.50 bits per heavy atom. The third-order valence-electron chi connectivity index (χ3n) is 4.11. The summed E-state index contributed by atoms with van der Waals surface area (Å²) < 4.78 is 0.819. The predicted octanol–water partition coefficient (Wildman–Crippen LogP) is 6.24. The van der Waals surface area contributed by atoms with Gasteiger partial charge in [0.05, 0.1) is 0 Å².